The second-order valence-electron chi connectivity index (χ2n) is 16.1. The van der Waals surface area contributed by atoms with Gasteiger partial charge in [0, 0.05) is 62.3 Å². The van der Waals surface area contributed by atoms with Gasteiger partial charge in [0.2, 0.25) is 0 Å². The predicted molar refractivity (Wildman–Crippen MR) is 199 cm³/mol. The van der Waals surface area contributed by atoms with Crippen molar-refractivity contribution in [1.29, 1.82) is 0 Å². The Morgan fingerprint density at radius 3 is 1.67 bits per heavy atom. The molecule has 6 atom stereocenters. The molecule has 2 saturated heterocycles. The standard InChI is InChI=1S/C42H58N2O8/c1-24(2)13-28-22-43-11-9-26-15-37(48-5)39(50-7)18-31(26)34(43)17-30(28)33(20-41(45)46)42(47)52-36-21-35-32-19-40(51-8)38(49-6)16-27(32)10-12-44(35)23-29(36)14-25(3)4/h15-16,18-20,24-25,28-30,34-36H,9-14,17,21-23H2,1-8H3,(H,45,46)/b33-20+/t28-,29+,30+,34+,35+,36+/m0/s1. The molecule has 10 heteroatoms. The molecule has 0 bridgehead atoms. The van der Waals surface area contributed by atoms with E-state index in [2.05, 4.69) is 61.8 Å². The Hall–Kier alpha value is -3.76. The van der Waals surface area contributed by atoms with Crippen LogP contribution in [-0.4, -0.2) is 87.6 Å². The molecule has 6 rings (SSSR count). The van der Waals surface area contributed by atoms with Gasteiger partial charge in [0.25, 0.3) is 0 Å². The Morgan fingerprint density at radius 2 is 1.19 bits per heavy atom. The number of aliphatic carboxylic acids is 1. The van der Waals surface area contributed by atoms with Crippen LogP contribution in [-0.2, 0) is 27.2 Å². The molecule has 2 aromatic rings. The van der Waals surface area contributed by atoms with E-state index in [0.717, 1.165) is 69.3 Å². The summed E-state index contributed by atoms with van der Waals surface area (Å²) in [6, 6.07) is 8.37. The molecule has 1 N–H and O–H groups in total. The maximum absolute atomic E-state index is 14.6. The third kappa shape index (κ3) is 7.79. The van der Waals surface area contributed by atoms with Crippen LogP contribution in [0.3, 0.4) is 0 Å². The van der Waals surface area contributed by atoms with Crippen molar-refractivity contribution in [3.8, 4) is 23.0 Å². The Morgan fingerprint density at radius 1 is 0.731 bits per heavy atom. The zero-order chi connectivity index (χ0) is 37.3. The summed E-state index contributed by atoms with van der Waals surface area (Å²) in [4.78, 5) is 32.2. The lowest BCUT2D eigenvalue weighted by molar-refractivity contribution is -0.154. The molecule has 0 aliphatic carbocycles. The van der Waals surface area contributed by atoms with Crippen molar-refractivity contribution in [1.82, 2.24) is 9.80 Å². The number of carboxylic acid groups (broad SMARTS) is 1. The summed E-state index contributed by atoms with van der Waals surface area (Å²) < 4.78 is 29.3. The fourth-order valence-electron chi connectivity index (χ4n) is 9.70. The van der Waals surface area contributed by atoms with E-state index in [1.807, 2.05) is 0 Å². The van der Waals surface area contributed by atoms with E-state index in [1.54, 1.807) is 28.4 Å². The molecule has 4 heterocycles. The molecule has 0 radical (unpaired) electrons. The average Bonchev–Trinajstić information content (AvgIpc) is 3.11. The van der Waals surface area contributed by atoms with Crippen LogP contribution < -0.4 is 18.9 Å². The van der Waals surface area contributed by atoms with Crippen molar-refractivity contribution >= 4 is 11.9 Å². The number of carbonyl (C=O) groups excluding carboxylic acids is 1. The molecule has 4 aliphatic rings. The maximum atomic E-state index is 14.6. The first kappa shape index (κ1) is 38.0. The lowest BCUT2D eigenvalue weighted by Gasteiger charge is -2.49. The van der Waals surface area contributed by atoms with Crippen molar-refractivity contribution < 1.29 is 38.4 Å². The van der Waals surface area contributed by atoms with Crippen LogP contribution in [0.5, 0.6) is 23.0 Å². The van der Waals surface area contributed by atoms with E-state index in [1.165, 1.54) is 16.7 Å². The van der Waals surface area contributed by atoms with Crippen molar-refractivity contribution in [2.24, 2.45) is 29.6 Å². The van der Waals surface area contributed by atoms with E-state index in [0.29, 0.717) is 41.9 Å². The zero-order valence-corrected chi connectivity index (χ0v) is 32.3. The highest BCUT2D eigenvalue weighted by Crippen LogP contribution is 2.49. The molecule has 0 spiro atoms. The first-order valence-electron chi connectivity index (χ1n) is 19.1. The number of methoxy groups -OCH3 is 4. The van der Waals surface area contributed by atoms with Gasteiger partial charge in [0.1, 0.15) is 6.10 Å². The topological polar surface area (TPSA) is 107 Å². The number of ether oxygens (including phenoxy) is 5. The van der Waals surface area contributed by atoms with Crippen LogP contribution in [0.25, 0.3) is 0 Å². The van der Waals surface area contributed by atoms with Gasteiger partial charge >= 0.3 is 11.9 Å². The second kappa shape index (κ2) is 16.1. The van der Waals surface area contributed by atoms with Gasteiger partial charge in [-0.15, -0.1) is 0 Å². The largest absolute Gasteiger partial charge is 0.493 e. The van der Waals surface area contributed by atoms with Gasteiger partial charge in [-0.3, -0.25) is 9.80 Å². The molecule has 2 fully saturated rings. The number of benzene rings is 2. The van der Waals surface area contributed by atoms with Crippen LogP contribution in [0.15, 0.2) is 35.9 Å². The summed E-state index contributed by atoms with van der Waals surface area (Å²) in [5.41, 5.74) is 5.06. The normalized spacial score (nSPS) is 26.2. The lowest BCUT2D eigenvalue weighted by atomic mass is 9.71. The molecule has 2 aromatic carbocycles. The first-order valence-corrected chi connectivity index (χ1v) is 19.1. The molecule has 10 nitrogen and oxygen atoms in total. The predicted octanol–water partition coefficient (Wildman–Crippen LogP) is 6.89. The van der Waals surface area contributed by atoms with Gasteiger partial charge in [-0.25, -0.2) is 9.59 Å². The number of carbonyl (C=O) groups is 2. The summed E-state index contributed by atoms with van der Waals surface area (Å²) in [6.45, 7) is 12.2. The Bertz CT molecular complexity index is 1650. The van der Waals surface area contributed by atoms with Gasteiger partial charge in [-0.2, -0.15) is 0 Å². The van der Waals surface area contributed by atoms with Crippen LogP contribution >= 0.6 is 0 Å². The highest BCUT2D eigenvalue weighted by Gasteiger charge is 2.45. The number of esters is 1. The summed E-state index contributed by atoms with van der Waals surface area (Å²) >= 11 is 0. The Balaban J connectivity index is 1.33. The van der Waals surface area contributed by atoms with Crippen molar-refractivity contribution in [2.75, 3.05) is 54.6 Å². The van der Waals surface area contributed by atoms with Crippen molar-refractivity contribution in [2.45, 2.75) is 84.4 Å². The average molecular weight is 719 g/mol. The smallest absolute Gasteiger partial charge is 0.334 e. The van der Waals surface area contributed by atoms with Crippen LogP contribution in [0.4, 0.5) is 0 Å². The number of hydrogen-bond donors (Lipinski definition) is 1. The molecule has 0 unspecified atom stereocenters. The van der Waals surface area contributed by atoms with Crippen molar-refractivity contribution in [3.63, 3.8) is 0 Å². The van der Waals surface area contributed by atoms with E-state index >= 15 is 0 Å². The maximum Gasteiger partial charge on any atom is 0.334 e. The van der Waals surface area contributed by atoms with Crippen LogP contribution in [0.1, 0.15) is 87.7 Å². The van der Waals surface area contributed by atoms with E-state index in [9.17, 15) is 14.7 Å². The molecular weight excluding hydrogens is 660 g/mol. The van der Waals surface area contributed by atoms with Gasteiger partial charge < -0.3 is 28.8 Å². The fourth-order valence-corrected chi connectivity index (χ4v) is 9.70. The third-order valence-corrected chi connectivity index (χ3v) is 11.9. The van der Waals surface area contributed by atoms with Crippen LogP contribution in [0.2, 0.25) is 0 Å². The summed E-state index contributed by atoms with van der Waals surface area (Å²) in [7, 11) is 6.61. The highest BCUT2D eigenvalue weighted by molar-refractivity contribution is 5.96. The van der Waals surface area contributed by atoms with Gasteiger partial charge in [-0.05, 0) is 102 Å². The van der Waals surface area contributed by atoms with Gasteiger partial charge in [0.05, 0.1) is 28.4 Å². The number of hydrogen-bond acceptors (Lipinski definition) is 9. The van der Waals surface area contributed by atoms with E-state index < -0.39 is 11.9 Å². The van der Waals surface area contributed by atoms with E-state index in [4.69, 9.17) is 23.7 Å². The van der Waals surface area contributed by atoms with Gasteiger partial charge in [-0.1, -0.05) is 27.7 Å². The number of piperidine rings is 2. The Labute approximate surface area is 309 Å². The monoisotopic (exact) mass is 718 g/mol. The second-order valence-corrected chi connectivity index (χ2v) is 16.1. The molecule has 0 aromatic heterocycles. The summed E-state index contributed by atoms with van der Waals surface area (Å²) in [5, 5.41) is 10.2. The quantitative estimate of drug-likeness (QED) is 0.184. The van der Waals surface area contributed by atoms with Crippen LogP contribution in [0, 0.1) is 29.6 Å². The minimum atomic E-state index is -1.12. The molecular formula is C42H58N2O8. The molecule has 4 aliphatic heterocycles. The lowest BCUT2D eigenvalue weighted by Crippen LogP contribution is -2.50. The van der Waals surface area contributed by atoms with E-state index in [-0.39, 0.29) is 41.5 Å². The summed E-state index contributed by atoms with van der Waals surface area (Å²) in [5.74, 6) is 1.94. The third-order valence-electron chi connectivity index (χ3n) is 11.9. The molecule has 0 saturated carbocycles. The fraction of sp³-hybridized carbons (Fsp3) is 0.619. The molecule has 0 amide bonds. The first-order chi connectivity index (χ1) is 24.9. The number of carboxylic acids is 1. The van der Waals surface area contributed by atoms with Gasteiger partial charge in [0.15, 0.2) is 23.0 Å². The SMILES string of the molecule is COc1cc2c(cc1OC)[C@H]1C[C@@H](OC(=O)/C(=C/C(=O)O)[C@@H]3C[C@@H]4c5cc(OC)c(OC)cc5CCN4C[C@@H]3CC(C)C)[C@H](CC(C)C)CN1CC2. The highest BCUT2D eigenvalue weighted by atomic mass is 16.5. The molecule has 284 valence electrons. The number of rotatable bonds is 12. The molecule has 52 heavy (non-hydrogen) atoms. The summed E-state index contributed by atoms with van der Waals surface area (Å²) in [6.07, 6.45) is 5.65. The minimum Gasteiger partial charge on any atom is -0.493 e. The minimum absolute atomic E-state index is 0.0182. The number of fused-ring (bicyclic) bond motifs is 6. The van der Waals surface area contributed by atoms with Crippen molar-refractivity contribution in [3.05, 3.63) is 58.2 Å². The Kier molecular flexibility index (Phi) is 11.7. The zero-order valence-electron chi connectivity index (χ0n) is 32.3. The number of nitrogens with zero attached hydrogens (tertiary/aromatic N) is 2.